The zero-order valence-corrected chi connectivity index (χ0v) is 46.6. The molecule has 0 aliphatic carbocycles. The van der Waals surface area contributed by atoms with Crippen molar-refractivity contribution in [1.29, 1.82) is 0 Å². The zero-order valence-electron chi connectivity index (χ0n) is 45.8. The van der Waals surface area contributed by atoms with Gasteiger partial charge in [-0.15, -0.1) is 0 Å². The van der Waals surface area contributed by atoms with Crippen molar-refractivity contribution in [2.45, 2.75) is 339 Å². The molecule has 0 aromatic heterocycles. The Balaban J connectivity index is 2.22. The number of allylic oxidation sites excluding steroid dienone is 1. The minimum atomic E-state index is -5.09. The summed E-state index contributed by atoms with van der Waals surface area (Å²) in [6, 6.07) is -0.939. The summed E-state index contributed by atoms with van der Waals surface area (Å²) < 4.78 is 47.8. The SMILES string of the molecule is CCCCCCCCCCCCC/C=C/C(O)C(COC1OC(CO)C(O)C(OS(=O)(=O)O)C1O)NC(=O)CCCCCCCCCCCCCCCCCCCCCCCCCCCCCCCCC. The highest BCUT2D eigenvalue weighted by molar-refractivity contribution is 7.80. The fraction of sp³-hybridized carbons (Fsp3) is 0.948. The van der Waals surface area contributed by atoms with Gasteiger partial charge in [0.25, 0.3) is 0 Å². The summed E-state index contributed by atoms with van der Waals surface area (Å²) in [6.07, 6.45) is 50.0. The van der Waals surface area contributed by atoms with E-state index in [2.05, 4.69) is 23.3 Å². The third kappa shape index (κ3) is 40.8. The van der Waals surface area contributed by atoms with Crippen molar-refractivity contribution in [2.75, 3.05) is 13.2 Å². The number of hydrogen-bond acceptors (Lipinski definition) is 10. The van der Waals surface area contributed by atoms with E-state index < -0.39 is 59.9 Å². The van der Waals surface area contributed by atoms with E-state index in [-0.39, 0.29) is 18.9 Å². The molecule has 1 saturated heterocycles. The minimum absolute atomic E-state index is 0.256. The number of carbonyl (C=O) groups is 1. The molecule has 1 heterocycles. The number of aliphatic hydroxyl groups excluding tert-OH is 4. The van der Waals surface area contributed by atoms with Crippen LogP contribution in [-0.2, 0) is 28.9 Å². The summed E-state index contributed by atoms with van der Waals surface area (Å²) in [5.41, 5.74) is 0. The van der Waals surface area contributed by atoms with Crippen LogP contribution in [0.25, 0.3) is 0 Å². The van der Waals surface area contributed by atoms with E-state index in [4.69, 9.17) is 9.47 Å². The quantitative estimate of drug-likeness (QED) is 0.0193. The van der Waals surface area contributed by atoms with Crippen molar-refractivity contribution in [3.05, 3.63) is 12.2 Å². The van der Waals surface area contributed by atoms with Gasteiger partial charge in [-0.25, -0.2) is 4.18 Å². The molecule has 0 radical (unpaired) electrons. The Morgan fingerprint density at radius 3 is 1.23 bits per heavy atom. The van der Waals surface area contributed by atoms with Gasteiger partial charge in [-0.3, -0.25) is 9.35 Å². The molecule has 13 heteroatoms. The predicted octanol–water partition coefficient (Wildman–Crippen LogP) is 14.2. The van der Waals surface area contributed by atoms with Crippen LogP contribution in [0.15, 0.2) is 12.2 Å². The van der Waals surface area contributed by atoms with Gasteiger partial charge in [-0.2, -0.15) is 8.42 Å². The monoisotopic (exact) mass is 1030 g/mol. The molecule has 0 saturated carbocycles. The van der Waals surface area contributed by atoms with Crippen molar-refractivity contribution in [2.24, 2.45) is 0 Å². The lowest BCUT2D eigenvalue weighted by Crippen LogP contribution is -2.61. The van der Waals surface area contributed by atoms with Gasteiger partial charge in [0.15, 0.2) is 6.29 Å². The molecule has 422 valence electrons. The van der Waals surface area contributed by atoms with Crippen LogP contribution in [0.1, 0.15) is 296 Å². The minimum Gasteiger partial charge on any atom is -0.394 e. The van der Waals surface area contributed by atoms with E-state index in [9.17, 15) is 38.2 Å². The second-order valence-electron chi connectivity index (χ2n) is 21.3. The van der Waals surface area contributed by atoms with Gasteiger partial charge in [0.2, 0.25) is 5.91 Å². The number of carbonyl (C=O) groups excluding carboxylic acids is 1. The van der Waals surface area contributed by atoms with Gasteiger partial charge < -0.3 is 35.2 Å². The Kier molecular flexibility index (Phi) is 46.3. The summed E-state index contributed by atoms with van der Waals surface area (Å²) >= 11 is 0. The third-order valence-electron chi connectivity index (χ3n) is 14.6. The van der Waals surface area contributed by atoms with Crippen molar-refractivity contribution < 1.29 is 51.8 Å². The van der Waals surface area contributed by atoms with Gasteiger partial charge in [0.05, 0.1) is 25.4 Å². The summed E-state index contributed by atoms with van der Waals surface area (Å²) in [5, 5.41) is 44.9. The normalized spacial score (nSPS) is 19.5. The number of hydrogen-bond donors (Lipinski definition) is 6. The molecule has 0 aromatic rings. The Hall–Kier alpha value is -1.16. The lowest BCUT2D eigenvalue weighted by Gasteiger charge is -2.41. The first-order valence-electron chi connectivity index (χ1n) is 30.1. The van der Waals surface area contributed by atoms with Crippen LogP contribution in [-0.4, -0.2) is 95.4 Å². The number of aliphatic hydroxyl groups is 4. The molecule has 0 bridgehead atoms. The van der Waals surface area contributed by atoms with Crippen molar-refractivity contribution in [1.82, 2.24) is 5.32 Å². The average molecular weight is 1030 g/mol. The van der Waals surface area contributed by atoms with Crippen molar-refractivity contribution >= 4 is 16.3 Å². The highest BCUT2D eigenvalue weighted by atomic mass is 32.3. The topological polar surface area (TPSA) is 192 Å². The molecule has 6 N–H and O–H groups in total. The van der Waals surface area contributed by atoms with Crippen LogP contribution in [0.3, 0.4) is 0 Å². The van der Waals surface area contributed by atoms with Crippen LogP contribution < -0.4 is 5.32 Å². The molecule has 7 atom stereocenters. The molecule has 7 unspecified atom stereocenters. The molecule has 1 aliphatic heterocycles. The zero-order chi connectivity index (χ0) is 51.9. The molecule has 1 rings (SSSR count). The van der Waals surface area contributed by atoms with Crippen LogP contribution >= 0.6 is 0 Å². The summed E-state index contributed by atoms with van der Waals surface area (Å²) in [6.45, 7) is 3.42. The first-order valence-corrected chi connectivity index (χ1v) is 31.4. The van der Waals surface area contributed by atoms with E-state index in [1.807, 2.05) is 6.08 Å². The highest BCUT2D eigenvalue weighted by Gasteiger charge is 2.48. The molecular formula is C58H113NO11S. The summed E-state index contributed by atoms with van der Waals surface area (Å²) in [4.78, 5) is 13.1. The molecule has 1 aliphatic rings. The summed E-state index contributed by atoms with van der Waals surface area (Å²) in [7, 11) is -5.09. The molecule has 0 spiro atoms. The number of unbranched alkanes of at least 4 members (excludes halogenated alkanes) is 41. The number of amides is 1. The van der Waals surface area contributed by atoms with Crippen LogP contribution in [0.5, 0.6) is 0 Å². The maximum absolute atomic E-state index is 13.1. The highest BCUT2D eigenvalue weighted by Crippen LogP contribution is 2.26. The van der Waals surface area contributed by atoms with E-state index in [1.54, 1.807) is 6.08 Å². The van der Waals surface area contributed by atoms with Crippen LogP contribution in [0, 0.1) is 0 Å². The fourth-order valence-electron chi connectivity index (χ4n) is 9.93. The Morgan fingerprint density at radius 2 is 0.887 bits per heavy atom. The van der Waals surface area contributed by atoms with Gasteiger partial charge in [-0.1, -0.05) is 283 Å². The van der Waals surface area contributed by atoms with E-state index >= 15 is 0 Å². The smallest absolute Gasteiger partial charge is 0.394 e. The standard InChI is InChI=1S/C58H113NO11S/c1-3-5-7-9-11-13-15-17-18-19-20-21-22-23-24-25-26-27-28-29-30-31-32-33-34-36-38-40-42-44-46-48-54(62)59-51(52(61)47-45-43-41-39-37-35-16-14-12-10-8-6-4-2)50-68-58-56(64)57(70-71(65,66)67)55(63)53(49-60)69-58/h45,47,51-53,55-58,60-61,63-64H,3-44,46,48-50H2,1-2H3,(H,59,62)(H,65,66,67)/b47-45+. The largest absolute Gasteiger partial charge is 0.397 e. The van der Waals surface area contributed by atoms with Crippen LogP contribution in [0.2, 0.25) is 0 Å². The van der Waals surface area contributed by atoms with Crippen molar-refractivity contribution in [3.8, 4) is 0 Å². The van der Waals surface area contributed by atoms with Gasteiger partial charge in [0.1, 0.15) is 24.4 Å². The van der Waals surface area contributed by atoms with E-state index in [0.717, 1.165) is 38.5 Å². The molecule has 0 aromatic carbocycles. The van der Waals surface area contributed by atoms with Gasteiger partial charge in [-0.05, 0) is 19.3 Å². The van der Waals surface area contributed by atoms with E-state index in [1.165, 1.54) is 231 Å². The molecular weight excluding hydrogens is 919 g/mol. The molecule has 12 nitrogen and oxygen atoms in total. The molecule has 1 fully saturated rings. The predicted molar refractivity (Wildman–Crippen MR) is 292 cm³/mol. The first kappa shape index (κ1) is 67.9. The summed E-state index contributed by atoms with van der Waals surface area (Å²) in [5.74, 6) is -0.256. The number of nitrogens with one attached hydrogen (secondary N) is 1. The fourth-order valence-corrected chi connectivity index (χ4v) is 10.4. The Bertz CT molecular complexity index is 1310. The Labute approximate surface area is 436 Å². The maximum atomic E-state index is 13.1. The lowest BCUT2D eigenvalue weighted by molar-refractivity contribution is -0.298. The van der Waals surface area contributed by atoms with Crippen molar-refractivity contribution in [3.63, 3.8) is 0 Å². The van der Waals surface area contributed by atoms with Gasteiger partial charge in [0, 0.05) is 6.42 Å². The second-order valence-corrected chi connectivity index (χ2v) is 22.4. The number of ether oxygens (including phenoxy) is 2. The lowest BCUT2D eigenvalue weighted by atomic mass is 9.99. The first-order chi connectivity index (χ1) is 34.5. The van der Waals surface area contributed by atoms with Gasteiger partial charge >= 0.3 is 10.4 Å². The maximum Gasteiger partial charge on any atom is 0.397 e. The average Bonchev–Trinajstić information content (AvgIpc) is 3.34. The van der Waals surface area contributed by atoms with Crippen LogP contribution in [0.4, 0.5) is 0 Å². The molecule has 1 amide bonds. The second kappa shape index (κ2) is 48.5. The van der Waals surface area contributed by atoms with E-state index in [0.29, 0.717) is 6.42 Å². The molecule has 71 heavy (non-hydrogen) atoms. The number of rotatable bonds is 53. The Morgan fingerprint density at radius 1 is 0.549 bits per heavy atom. The third-order valence-corrected chi connectivity index (χ3v) is 15.0.